The number of likely N-dealkylation sites (N-methyl/N-ethyl adjacent to an activating group) is 1. The number of hydrogen-bond donors (Lipinski definition) is 1. The SMILES string of the molecule is Cc1cc(C(C)(C)C)cc(C)c1CN(C)C(C)C(=O)O.Cl. The molecule has 0 aliphatic rings. The quantitative estimate of drug-likeness (QED) is 0.915. The molecule has 4 heteroatoms. The van der Waals surface area contributed by atoms with E-state index >= 15 is 0 Å². The Morgan fingerprint density at radius 3 is 2.00 bits per heavy atom. The fraction of sp³-hybridized carbons (Fsp3) is 0.588. The summed E-state index contributed by atoms with van der Waals surface area (Å²) in [7, 11) is 1.86. The number of carboxylic acids is 1. The fourth-order valence-corrected chi connectivity index (χ4v) is 2.25. The van der Waals surface area contributed by atoms with Gasteiger partial charge in [-0.3, -0.25) is 9.69 Å². The largest absolute Gasteiger partial charge is 0.480 e. The molecule has 0 aliphatic carbocycles. The van der Waals surface area contributed by atoms with Gasteiger partial charge in [-0.2, -0.15) is 0 Å². The fourth-order valence-electron chi connectivity index (χ4n) is 2.25. The highest BCUT2D eigenvalue weighted by atomic mass is 35.5. The predicted molar refractivity (Wildman–Crippen MR) is 90.4 cm³/mol. The molecular weight excluding hydrogens is 286 g/mol. The van der Waals surface area contributed by atoms with Crippen LogP contribution in [0.5, 0.6) is 0 Å². The van der Waals surface area contributed by atoms with E-state index in [0.717, 1.165) is 0 Å². The number of nitrogens with zero attached hydrogens (tertiary/aromatic N) is 1. The van der Waals surface area contributed by atoms with Crippen LogP contribution in [-0.4, -0.2) is 29.1 Å². The summed E-state index contributed by atoms with van der Waals surface area (Å²) in [6.07, 6.45) is 0. The first-order chi connectivity index (χ1) is 9.04. The van der Waals surface area contributed by atoms with Crippen LogP contribution in [0, 0.1) is 13.8 Å². The Hall–Kier alpha value is -1.06. The van der Waals surface area contributed by atoms with Gasteiger partial charge in [0, 0.05) is 6.54 Å². The van der Waals surface area contributed by atoms with Gasteiger partial charge >= 0.3 is 5.97 Å². The lowest BCUT2D eigenvalue weighted by molar-refractivity contribution is -0.142. The average Bonchev–Trinajstić information content (AvgIpc) is 2.30. The van der Waals surface area contributed by atoms with Gasteiger partial charge in [0.25, 0.3) is 0 Å². The molecule has 1 rings (SSSR count). The van der Waals surface area contributed by atoms with Gasteiger partial charge in [-0.05, 0) is 55.5 Å². The number of aryl methyl sites for hydroxylation is 2. The minimum atomic E-state index is -0.783. The summed E-state index contributed by atoms with van der Waals surface area (Å²) in [5, 5.41) is 9.08. The van der Waals surface area contributed by atoms with E-state index in [1.807, 2.05) is 11.9 Å². The highest BCUT2D eigenvalue weighted by Crippen LogP contribution is 2.27. The molecule has 1 unspecified atom stereocenters. The van der Waals surface area contributed by atoms with Gasteiger partial charge in [-0.1, -0.05) is 32.9 Å². The summed E-state index contributed by atoms with van der Waals surface area (Å²) in [5.74, 6) is -0.783. The molecule has 0 saturated heterocycles. The highest BCUT2D eigenvalue weighted by molar-refractivity contribution is 5.85. The van der Waals surface area contributed by atoms with Gasteiger partial charge in [-0.15, -0.1) is 12.4 Å². The van der Waals surface area contributed by atoms with Crippen LogP contribution >= 0.6 is 12.4 Å². The first-order valence-electron chi connectivity index (χ1n) is 7.07. The zero-order chi connectivity index (χ0) is 15.7. The summed E-state index contributed by atoms with van der Waals surface area (Å²) in [6, 6.07) is 3.97. The van der Waals surface area contributed by atoms with Crippen LogP contribution in [-0.2, 0) is 16.8 Å². The van der Waals surface area contributed by atoms with Crippen molar-refractivity contribution in [2.24, 2.45) is 0 Å². The third kappa shape index (κ3) is 5.01. The second-order valence-electron chi connectivity index (χ2n) is 6.77. The molecule has 0 aliphatic heterocycles. The lowest BCUT2D eigenvalue weighted by atomic mass is 9.83. The summed E-state index contributed by atoms with van der Waals surface area (Å²) in [6.45, 7) is 13.2. The number of halogens is 1. The second kappa shape index (κ2) is 7.28. The molecule has 0 spiro atoms. The maximum atomic E-state index is 11.0. The molecule has 3 nitrogen and oxygen atoms in total. The lowest BCUT2D eigenvalue weighted by Gasteiger charge is -2.26. The Morgan fingerprint density at radius 2 is 1.67 bits per heavy atom. The van der Waals surface area contributed by atoms with Gasteiger partial charge in [0.1, 0.15) is 6.04 Å². The first-order valence-corrected chi connectivity index (χ1v) is 7.07. The number of carbonyl (C=O) groups is 1. The molecule has 0 saturated carbocycles. The smallest absolute Gasteiger partial charge is 0.320 e. The van der Waals surface area contributed by atoms with E-state index in [4.69, 9.17) is 5.11 Å². The molecule has 0 radical (unpaired) electrons. The van der Waals surface area contributed by atoms with Crippen molar-refractivity contribution in [2.75, 3.05) is 7.05 Å². The molecule has 1 aromatic rings. The van der Waals surface area contributed by atoms with E-state index in [1.165, 1.54) is 22.3 Å². The zero-order valence-corrected chi connectivity index (χ0v) is 15.0. The van der Waals surface area contributed by atoms with Crippen LogP contribution in [0.2, 0.25) is 0 Å². The third-order valence-corrected chi connectivity index (χ3v) is 3.99. The van der Waals surface area contributed by atoms with Gasteiger partial charge in [0.15, 0.2) is 0 Å². The Bertz CT molecular complexity index is 483. The summed E-state index contributed by atoms with van der Waals surface area (Å²) in [4.78, 5) is 12.9. The Kier molecular flexibility index (Phi) is 6.91. The standard InChI is InChI=1S/C17H27NO2.ClH/c1-11-8-14(17(4,5)6)9-12(2)15(11)10-18(7)13(3)16(19)20;/h8-9,13H,10H2,1-7H3,(H,19,20);1H. The van der Waals surface area contributed by atoms with Crippen molar-refractivity contribution in [3.05, 3.63) is 34.4 Å². The first kappa shape index (κ1) is 19.9. The predicted octanol–water partition coefficient (Wildman–Crippen LogP) is 3.93. The number of benzene rings is 1. The highest BCUT2D eigenvalue weighted by Gasteiger charge is 2.20. The van der Waals surface area contributed by atoms with Crippen LogP contribution in [0.15, 0.2) is 12.1 Å². The third-order valence-electron chi connectivity index (χ3n) is 3.99. The molecule has 120 valence electrons. The monoisotopic (exact) mass is 313 g/mol. The van der Waals surface area contributed by atoms with Crippen LogP contribution in [0.4, 0.5) is 0 Å². The Labute approximate surface area is 134 Å². The van der Waals surface area contributed by atoms with E-state index in [2.05, 4.69) is 46.8 Å². The number of rotatable bonds is 4. The van der Waals surface area contributed by atoms with Crippen molar-refractivity contribution in [1.29, 1.82) is 0 Å². The molecule has 0 heterocycles. The van der Waals surface area contributed by atoms with Crippen LogP contribution in [0.3, 0.4) is 0 Å². The van der Waals surface area contributed by atoms with Crippen molar-refractivity contribution >= 4 is 18.4 Å². The topological polar surface area (TPSA) is 40.5 Å². The summed E-state index contributed by atoms with van der Waals surface area (Å²) < 4.78 is 0. The van der Waals surface area contributed by atoms with Crippen molar-refractivity contribution in [2.45, 2.75) is 59.5 Å². The van der Waals surface area contributed by atoms with Gasteiger partial charge in [-0.25, -0.2) is 0 Å². The lowest BCUT2D eigenvalue weighted by Crippen LogP contribution is -2.35. The molecule has 1 atom stereocenters. The average molecular weight is 314 g/mol. The number of hydrogen-bond acceptors (Lipinski definition) is 2. The molecule has 0 fully saturated rings. The maximum absolute atomic E-state index is 11.0. The van der Waals surface area contributed by atoms with E-state index < -0.39 is 12.0 Å². The van der Waals surface area contributed by atoms with E-state index in [0.29, 0.717) is 6.54 Å². The minimum absolute atomic E-state index is 0. The van der Waals surface area contributed by atoms with Crippen LogP contribution in [0.25, 0.3) is 0 Å². The number of carboxylic acid groups (broad SMARTS) is 1. The van der Waals surface area contributed by atoms with E-state index in [9.17, 15) is 4.79 Å². The van der Waals surface area contributed by atoms with E-state index in [1.54, 1.807) is 6.92 Å². The summed E-state index contributed by atoms with van der Waals surface area (Å²) in [5.41, 5.74) is 5.16. The molecule has 1 aromatic carbocycles. The van der Waals surface area contributed by atoms with Gasteiger partial charge in [0.2, 0.25) is 0 Å². The minimum Gasteiger partial charge on any atom is -0.480 e. The normalized spacial score (nSPS) is 13.0. The molecule has 0 bridgehead atoms. The molecule has 1 N–H and O–H groups in total. The van der Waals surface area contributed by atoms with Crippen LogP contribution < -0.4 is 0 Å². The zero-order valence-electron chi connectivity index (χ0n) is 14.2. The van der Waals surface area contributed by atoms with Crippen molar-refractivity contribution in [3.63, 3.8) is 0 Å². The van der Waals surface area contributed by atoms with Crippen LogP contribution in [0.1, 0.15) is 49.9 Å². The van der Waals surface area contributed by atoms with Gasteiger partial charge < -0.3 is 5.11 Å². The molecule has 21 heavy (non-hydrogen) atoms. The maximum Gasteiger partial charge on any atom is 0.320 e. The number of aliphatic carboxylic acids is 1. The van der Waals surface area contributed by atoms with E-state index in [-0.39, 0.29) is 17.8 Å². The van der Waals surface area contributed by atoms with Crippen molar-refractivity contribution in [3.8, 4) is 0 Å². The molecular formula is C17H28ClNO2. The second-order valence-corrected chi connectivity index (χ2v) is 6.77. The molecule has 0 aromatic heterocycles. The Balaban J connectivity index is 0.00000400. The van der Waals surface area contributed by atoms with Crippen molar-refractivity contribution < 1.29 is 9.90 Å². The summed E-state index contributed by atoms with van der Waals surface area (Å²) >= 11 is 0. The Morgan fingerprint density at radius 1 is 1.24 bits per heavy atom. The van der Waals surface area contributed by atoms with Crippen molar-refractivity contribution in [1.82, 2.24) is 4.90 Å². The van der Waals surface area contributed by atoms with Gasteiger partial charge in [0.05, 0.1) is 0 Å². The molecule has 0 amide bonds.